The van der Waals surface area contributed by atoms with Gasteiger partial charge in [0.25, 0.3) is 5.91 Å². The van der Waals surface area contributed by atoms with E-state index >= 15 is 0 Å². The highest BCUT2D eigenvalue weighted by atomic mass is 79.9. The van der Waals surface area contributed by atoms with Gasteiger partial charge in [0.1, 0.15) is 11.1 Å². The summed E-state index contributed by atoms with van der Waals surface area (Å²) in [6.45, 7) is 2.63. The van der Waals surface area contributed by atoms with E-state index in [2.05, 4.69) is 21.2 Å². The maximum Gasteiger partial charge on any atom is 0.253 e. The van der Waals surface area contributed by atoms with Crippen molar-refractivity contribution in [1.29, 1.82) is 0 Å². The third-order valence-electron chi connectivity index (χ3n) is 3.15. The highest BCUT2D eigenvalue weighted by Gasteiger charge is 2.31. The summed E-state index contributed by atoms with van der Waals surface area (Å²) in [6, 6.07) is 5.39. The summed E-state index contributed by atoms with van der Waals surface area (Å²) in [5.41, 5.74) is 6.91. The molecule has 1 amide bonds. The normalized spacial score (nSPS) is 22.2. The minimum absolute atomic E-state index is 0.152. The van der Waals surface area contributed by atoms with Gasteiger partial charge in [0, 0.05) is 16.6 Å². The van der Waals surface area contributed by atoms with Gasteiger partial charge < -0.3 is 15.8 Å². The Kier molecular flexibility index (Phi) is 4.54. The molecule has 19 heavy (non-hydrogen) atoms. The first-order chi connectivity index (χ1) is 8.99. The Morgan fingerprint density at radius 3 is 2.89 bits per heavy atom. The van der Waals surface area contributed by atoms with E-state index in [0.29, 0.717) is 17.9 Å². The van der Waals surface area contributed by atoms with Crippen molar-refractivity contribution >= 4 is 44.7 Å². The van der Waals surface area contributed by atoms with E-state index in [1.54, 1.807) is 12.1 Å². The first-order valence-electron chi connectivity index (χ1n) is 6.01. The lowest BCUT2D eigenvalue weighted by Crippen LogP contribution is -2.32. The molecule has 1 aromatic carbocycles. The van der Waals surface area contributed by atoms with E-state index in [0.717, 1.165) is 10.9 Å². The van der Waals surface area contributed by atoms with Crippen molar-refractivity contribution in [1.82, 2.24) is 0 Å². The summed E-state index contributed by atoms with van der Waals surface area (Å²) < 4.78 is 6.29. The summed E-state index contributed by atoms with van der Waals surface area (Å²) >= 11 is 8.35. The van der Waals surface area contributed by atoms with Crippen LogP contribution in [-0.2, 0) is 9.53 Å². The minimum atomic E-state index is -0.404. The second kappa shape index (κ2) is 5.98. The van der Waals surface area contributed by atoms with Crippen molar-refractivity contribution in [2.45, 2.75) is 19.4 Å². The van der Waals surface area contributed by atoms with Crippen molar-refractivity contribution in [2.75, 3.05) is 11.9 Å². The van der Waals surface area contributed by atoms with E-state index in [1.165, 1.54) is 0 Å². The predicted molar refractivity (Wildman–Crippen MR) is 82.2 cm³/mol. The fourth-order valence-corrected chi connectivity index (χ4v) is 2.61. The fourth-order valence-electron chi connectivity index (χ4n) is 2.07. The number of hydrogen-bond acceptors (Lipinski definition) is 3. The Labute approximate surface area is 125 Å². The second-order valence-electron chi connectivity index (χ2n) is 4.60. The largest absolute Gasteiger partial charge is 0.389 e. The monoisotopic (exact) mass is 342 g/mol. The molecule has 1 saturated heterocycles. The van der Waals surface area contributed by atoms with Gasteiger partial charge in [-0.2, -0.15) is 0 Å². The Hall–Kier alpha value is -0.980. The van der Waals surface area contributed by atoms with Crippen LogP contribution in [0.3, 0.4) is 0 Å². The number of ether oxygens (including phenoxy) is 1. The number of amides is 1. The Morgan fingerprint density at radius 2 is 2.32 bits per heavy atom. The van der Waals surface area contributed by atoms with E-state index in [-0.39, 0.29) is 16.8 Å². The predicted octanol–water partition coefficient (Wildman–Crippen LogP) is 2.45. The molecule has 102 valence electrons. The van der Waals surface area contributed by atoms with Gasteiger partial charge >= 0.3 is 0 Å². The van der Waals surface area contributed by atoms with Crippen LogP contribution in [0.25, 0.3) is 0 Å². The number of anilines is 1. The first-order valence-corrected chi connectivity index (χ1v) is 7.21. The van der Waals surface area contributed by atoms with Crippen LogP contribution < -0.4 is 11.1 Å². The Morgan fingerprint density at radius 1 is 1.58 bits per heavy atom. The number of halogens is 1. The third-order valence-corrected chi connectivity index (χ3v) is 3.86. The van der Waals surface area contributed by atoms with Gasteiger partial charge in [-0.15, -0.1) is 0 Å². The molecule has 1 aliphatic heterocycles. The number of thiocarbonyl (C=S) groups is 1. The van der Waals surface area contributed by atoms with Crippen LogP contribution >= 0.6 is 28.1 Å². The van der Waals surface area contributed by atoms with Crippen LogP contribution in [-0.4, -0.2) is 23.6 Å². The van der Waals surface area contributed by atoms with E-state index in [4.69, 9.17) is 22.7 Å². The fraction of sp³-hybridized carbons (Fsp3) is 0.385. The van der Waals surface area contributed by atoms with Crippen molar-refractivity contribution in [2.24, 2.45) is 11.7 Å². The number of rotatable bonds is 3. The molecular weight excluding hydrogens is 328 g/mol. The number of nitrogens with two attached hydrogens (primary N) is 1. The van der Waals surface area contributed by atoms with E-state index < -0.39 is 6.10 Å². The van der Waals surface area contributed by atoms with Crippen LogP contribution in [0.15, 0.2) is 22.7 Å². The molecule has 2 rings (SSSR count). The zero-order valence-electron chi connectivity index (χ0n) is 10.5. The van der Waals surface area contributed by atoms with Gasteiger partial charge in [0.05, 0.1) is 5.69 Å². The molecule has 6 heteroatoms. The lowest BCUT2D eigenvalue weighted by molar-refractivity contribution is -0.126. The molecule has 1 aromatic rings. The molecule has 1 heterocycles. The average Bonchev–Trinajstić information content (AvgIpc) is 2.75. The van der Waals surface area contributed by atoms with Crippen LogP contribution in [0, 0.1) is 5.92 Å². The molecule has 0 saturated carbocycles. The quantitative estimate of drug-likeness (QED) is 0.828. The van der Waals surface area contributed by atoms with E-state index in [9.17, 15) is 4.79 Å². The molecule has 0 aromatic heterocycles. The van der Waals surface area contributed by atoms with Crippen LogP contribution in [0.4, 0.5) is 5.69 Å². The molecule has 1 aliphatic rings. The zero-order chi connectivity index (χ0) is 14.0. The number of nitrogens with one attached hydrogen (secondary N) is 1. The standard InChI is InChI=1S/C13H15BrN2O2S/c1-7-4-5-18-11(7)13(17)16-10-6-8(14)2-3-9(10)12(15)19/h2-3,6-7,11H,4-5H2,1H3,(H2,15,19)(H,16,17). The molecular formula is C13H15BrN2O2S. The topological polar surface area (TPSA) is 64.3 Å². The zero-order valence-corrected chi connectivity index (χ0v) is 12.9. The molecule has 2 atom stereocenters. The van der Waals surface area contributed by atoms with Crippen molar-refractivity contribution in [3.05, 3.63) is 28.2 Å². The molecule has 0 radical (unpaired) electrons. The molecule has 3 N–H and O–H groups in total. The lowest BCUT2D eigenvalue weighted by atomic mass is 10.0. The number of carbonyl (C=O) groups is 1. The summed E-state index contributed by atoms with van der Waals surface area (Å²) in [4.78, 5) is 12.4. The van der Waals surface area contributed by atoms with Crippen molar-refractivity contribution in [3.63, 3.8) is 0 Å². The van der Waals surface area contributed by atoms with Crippen molar-refractivity contribution in [3.8, 4) is 0 Å². The highest BCUT2D eigenvalue weighted by molar-refractivity contribution is 9.10. The molecule has 0 spiro atoms. The summed E-state index contributed by atoms with van der Waals surface area (Å²) in [7, 11) is 0. The van der Waals surface area contributed by atoms with Gasteiger partial charge in [0.15, 0.2) is 0 Å². The Balaban J connectivity index is 2.20. The van der Waals surface area contributed by atoms with Gasteiger partial charge in [-0.25, -0.2) is 0 Å². The van der Waals surface area contributed by atoms with Gasteiger partial charge in [-0.05, 0) is 30.5 Å². The van der Waals surface area contributed by atoms with Gasteiger partial charge in [-0.1, -0.05) is 35.1 Å². The average molecular weight is 343 g/mol. The first kappa shape index (κ1) is 14.4. The minimum Gasteiger partial charge on any atom is -0.389 e. The third kappa shape index (κ3) is 3.32. The Bertz CT molecular complexity index is 521. The highest BCUT2D eigenvalue weighted by Crippen LogP contribution is 2.25. The SMILES string of the molecule is CC1CCOC1C(=O)Nc1cc(Br)ccc1C(N)=S. The van der Waals surface area contributed by atoms with Crippen LogP contribution in [0.5, 0.6) is 0 Å². The van der Waals surface area contributed by atoms with E-state index in [1.807, 2.05) is 13.0 Å². The van der Waals surface area contributed by atoms with Gasteiger partial charge in [0.2, 0.25) is 0 Å². The second-order valence-corrected chi connectivity index (χ2v) is 5.96. The maximum absolute atomic E-state index is 12.2. The lowest BCUT2D eigenvalue weighted by Gasteiger charge is -2.16. The number of benzene rings is 1. The molecule has 0 bridgehead atoms. The summed E-state index contributed by atoms with van der Waals surface area (Å²) in [6.07, 6.45) is 0.497. The van der Waals surface area contributed by atoms with Crippen LogP contribution in [0.1, 0.15) is 18.9 Å². The number of hydrogen-bond donors (Lipinski definition) is 2. The smallest absolute Gasteiger partial charge is 0.253 e. The van der Waals surface area contributed by atoms with Crippen LogP contribution in [0.2, 0.25) is 0 Å². The van der Waals surface area contributed by atoms with Gasteiger partial charge in [-0.3, -0.25) is 4.79 Å². The molecule has 0 aliphatic carbocycles. The summed E-state index contributed by atoms with van der Waals surface area (Å²) in [5, 5.41) is 2.84. The summed E-state index contributed by atoms with van der Waals surface area (Å²) in [5.74, 6) is 0.0704. The maximum atomic E-state index is 12.2. The number of carbonyl (C=O) groups excluding carboxylic acids is 1. The van der Waals surface area contributed by atoms with Crippen molar-refractivity contribution < 1.29 is 9.53 Å². The molecule has 4 nitrogen and oxygen atoms in total. The molecule has 2 unspecified atom stereocenters. The molecule has 1 fully saturated rings.